The quantitative estimate of drug-likeness (QED) is 0.727. The Balaban J connectivity index is 1.87. The first-order chi connectivity index (χ1) is 14.7. The Morgan fingerprint density at radius 3 is 2.34 bits per heavy atom. The van der Waals surface area contributed by atoms with Crippen LogP contribution in [0.4, 0.5) is 23.7 Å². The van der Waals surface area contributed by atoms with Gasteiger partial charge in [0.15, 0.2) is 0 Å². The number of rotatable bonds is 5. The molecule has 1 saturated heterocycles. The molecule has 1 N–H and O–H groups in total. The van der Waals surface area contributed by atoms with E-state index in [9.17, 15) is 27.6 Å². The molecule has 1 aliphatic rings. The second-order valence-electron chi connectivity index (χ2n) is 8.58. The lowest BCUT2D eigenvalue weighted by Crippen LogP contribution is -2.48. The van der Waals surface area contributed by atoms with E-state index in [2.05, 4.69) is 10.1 Å². The molecule has 0 saturated carbocycles. The van der Waals surface area contributed by atoms with Gasteiger partial charge in [-0.2, -0.15) is 0 Å². The van der Waals surface area contributed by atoms with Crippen LogP contribution in [0.15, 0.2) is 24.3 Å². The Morgan fingerprint density at radius 1 is 1.16 bits per heavy atom. The molecule has 0 spiro atoms. The van der Waals surface area contributed by atoms with Crippen LogP contribution in [0.1, 0.15) is 33.6 Å². The van der Waals surface area contributed by atoms with Gasteiger partial charge in [-0.15, -0.1) is 13.2 Å². The fourth-order valence-corrected chi connectivity index (χ4v) is 3.22. The predicted octanol–water partition coefficient (Wildman–Crippen LogP) is 3.63. The van der Waals surface area contributed by atoms with Crippen molar-refractivity contribution >= 4 is 23.6 Å². The SMILES string of the molecule is CN(CC(=O)Nc1ccc(OC(F)(F)F)cc1)C(=O)C1CCCN(C(=O)OC(C)(C)C)C1. The van der Waals surface area contributed by atoms with Crippen LogP contribution in [0.2, 0.25) is 0 Å². The van der Waals surface area contributed by atoms with Gasteiger partial charge >= 0.3 is 12.5 Å². The maximum atomic E-state index is 12.8. The summed E-state index contributed by atoms with van der Waals surface area (Å²) in [5, 5.41) is 2.52. The zero-order valence-corrected chi connectivity index (χ0v) is 18.5. The second-order valence-corrected chi connectivity index (χ2v) is 8.58. The van der Waals surface area contributed by atoms with E-state index in [1.54, 1.807) is 20.8 Å². The highest BCUT2D eigenvalue weighted by atomic mass is 19.4. The Kier molecular flexibility index (Phi) is 7.97. The number of carbonyl (C=O) groups is 3. The molecule has 1 unspecified atom stereocenters. The minimum Gasteiger partial charge on any atom is -0.444 e. The minimum atomic E-state index is -4.80. The molecule has 1 fully saturated rings. The Morgan fingerprint density at radius 2 is 1.78 bits per heavy atom. The van der Waals surface area contributed by atoms with Crippen LogP contribution in [0.25, 0.3) is 0 Å². The van der Waals surface area contributed by atoms with Gasteiger partial charge in [0, 0.05) is 25.8 Å². The summed E-state index contributed by atoms with van der Waals surface area (Å²) in [4.78, 5) is 40.0. The molecule has 0 aliphatic carbocycles. The van der Waals surface area contributed by atoms with Crippen molar-refractivity contribution in [1.82, 2.24) is 9.80 Å². The van der Waals surface area contributed by atoms with Gasteiger partial charge in [0.2, 0.25) is 11.8 Å². The predicted molar refractivity (Wildman–Crippen MR) is 110 cm³/mol. The molecule has 1 aromatic rings. The van der Waals surface area contributed by atoms with Crippen LogP contribution in [0, 0.1) is 5.92 Å². The number of nitrogens with one attached hydrogen (secondary N) is 1. The number of anilines is 1. The van der Waals surface area contributed by atoms with Crippen molar-refractivity contribution in [2.75, 3.05) is 32.0 Å². The van der Waals surface area contributed by atoms with Gasteiger partial charge in [-0.25, -0.2) is 4.79 Å². The zero-order valence-electron chi connectivity index (χ0n) is 18.5. The van der Waals surface area contributed by atoms with E-state index in [4.69, 9.17) is 4.74 Å². The van der Waals surface area contributed by atoms with Crippen LogP contribution < -0.4 is 10.1 Å². The number of hydrogen-bond donors (Lipinski definition) is 1. The third-order valence-electron chi connectivity index (χ3n) is 4.55. The molecule has 8 nitrogen and oxygen atoms in total. The molecule has 0 bridgehead atoms. The maximum Gasteiger partial charge on any atom is 0.573 e. The molecule has 1 aromatic carbocycles. The summed E-state index contributed by atoms with van der Waals surface area (Å²) in [5.74, 6) is -1.64. The number of nitrogens with zero attached hydrogens (tertiary/aromatic N) is 2. The zero-order chi connectivity index (χ0) is 24.1. The number of ether oxygens (including phenoxy) is 2. The van der Waals surface area contributed by atoms with Crippen molar-refractivity contribution in [2.45, 2.75) is 45.6 Å². The number of alkyl halides is 3. The van der Waals surface area contributed by atoms with Crippen LogP contribution >= 0.6 is 0 Å². The van der Waals surface area contributed by atoms with Crippen LogP contribution in [-0.4, -0.2) is 66.4 Å². The summed E-state index contributed by atoms with van der Waals surface area (Å²) in [6.45, 7) is 5.75. The minimum absolute atomic E-state index is 0.209. The molecule has 11 heteroatoms. The van der Waals surface area contributed by atoms with Gasteiger partial charge in [0.25, 0.3) is 0 Å². The topological polar surface area (TPSA) is 88.2 Å². The highest BCUT2D eigenvalue weighted by molar-refractivity contribution is 5.94. The molecule has 32 heavy (non-hydrogen) atoms. The van der Waals surface area contributed by atoms with Crippen molar-refractivity contribution in [1.29, 1.82) is 0 Å². The molecule has 2 rings (SSSR count). The van der Waals surface area contributed by atoms with E-state index in [1.807, 2.05) is 0 Å². The van der Waals surface area contributed by atoms with Crippen LogP contribution in [0.3, 0.4) is 0 Å². The largest absolute Gasteiger partial charge is 0.573 e. The van der Waals surface area contributed by atoms with Crippen molar-refractivity contribution < 1.29 is 37.0 Å². The first-order valence-electron chi connectivity index (χ1n) is 10.1. The van der Waals surface area contributed by atoms with Crippen LogP contribution in [0.5, 0.6) is 5.75 Å². The molecule has 3 amide bonds. The Bertz CT molecular complexity index is 821. The number of benzene rings is 1. The van der Waals surface area contributed by atoms with Crippen LogP contribution in [-0.2, 0) is 14.3 Å². The summed E-state index contributed by atoms with van der Waals surface area (Å²) in [7, 11) is 1.48. The highest BCUT2D eigenvalue weighted by Gasteiger charge is 2.33. The molecule has 0 aromatic heterocycles. The molecule has 1 aliphatic heterocycles. The normalized spacial score (nSPS) is 16.8. The molecular weight excluding hydrogens is 431 g/mol. The number of likely N-dealkylation sites (tertiary alicyclic amines) is 1. The second kappa shape index (κ2) is 10.1. The first kappa shape index (κ1) is 25.3. The fraction of sp³-hybridized carbons (Fsp3) is 0.571. The Hall–Kier alpha value is -2.98. The number of likely N-dealkylation sites (N-methyl/N-ethyl adjacent to an activating group) is 1. The van der Waals surface area contributed by atoms with E-state index in [0.717, 1.165) is 12.1 Å². The molecule has 0 radical (unpaired) electrons. The first-order valence-corrected chi connectivity index (χ1v) is 10.1. The number of halogens is 3. The smallest absolute Gasteiger partial charge is 0.444 e. The third kappa shape index (κ3) is 8.27. The van der Waals surface area contributed by atoms with E-state index in [1.165, 1.54) is 29.0 Å². The van der Waals surface area contributed by atoms with Crippen molar-refractivity contribution in [3.8, 4) is 5.75 Å². The van der Waals surface area contributed by atoms with Crippen molar-refractivity contribution in [3.05, 3.63) is 24.3 Å². The number of piperidine rings is 1. The summed E-state index contributed by atoms with van der Waals surface area (Å²) >= 11 is 0. The molecule has 1 atom stereocenters. The Labute approximate surface area is 184 Å². The summed E-state index contributed by atoms with van der Waals surface area (Å²) in [5.41, 5.74) is -0.376. The van der Waals surface area contributed by atoms with Gasteiger partial charge < -0.3 is 24.6 Å². The lowest BCUT2D eigenvalue weighted by Gasteiger charge is -2.34. The van der Waals surface area contributed by atoms with Crippen molar-refractivity contribution in [2.24, 2.45) is 5.92 Å². The van der Waals surface area contributed by atoms with Gasteiger partial charge in [-0.1, -0.05) is 0 Å². The van der Waals surface area contributed by atoms with Gasteiger partial charge in [-0.3, -0.25) is 9.59 Å². The van der Waals surface area contributed by atoms with Gasteiger partial charge in [-0.05, 0) is 57.9 Å². The lowest BCUT2D eigenvalue weighted by molar-refractivity contribution is -0.274. The standard InChI is InChI=1S/C21H28F3N3O5/c1-20(2,3)32-19(30)27-11-5-6-14(12-27)18(29)26(4)13-17(28)25-15-7-9-16(10-8-15)31-21(22,23)24/h7-10,14H,5-6,11-13H2,1-4H3,(H,25,28). The number of amides is 3. The van der Waals surface area contributed by atoms with Crippen molar-refractivity contribution in [3.63, 3.8) is 0 Å². The lowest BCUT2D eigenvalue weighted by atomic mass is 9.97. The molecule has 178 valence electrons. The number of carbonyl (C=O) groups excluding carboxylic acids is 3. The van der Waals surface area contributed by atoms with E-state index < -0.39 is 35.6 Å². The summed E-state index contributed by atoms with van der Waals surface area (Å²) < 4.78 is 45.8. The van der Waals surface area contributed by atoms with Gasteiger partial charge in [0.05, 0.1) is 12.5 Å². The van der Waals surface area contributed by atoms with E-state index >= 15 is 0 Å². The van der Waals surface area contributed by atoms with E-state index in [0.29, 0.717) is 19.4 Å². The maximum absolute atomic E-state index is 12.8. The monoisotopic (exact) mass is 459 g/mol. The molecular formula is C21H28F3N3O5. The summed E-state index contributed by atoms with van der Waals surface area (Å²) in [6, 6.07) is 4.68. The fourth-order valence-electron chi connectivity index (χ4n) is 3.22. The number of hydrogen-bond acceptors (Lipinski definition) is 5. The third-order valence-corrected chi connectivity index (χ3v) is 4.55. The molecule has 1 heterocycles. The van der Waals surface area contributed by atoms with E-state index in [-0.39, 0.29) is 24.7 Å². The summed E-state index contributed by atoms with van der Waals surface area (Å²) in [6.07, 6.45) is -4.05. The average Bonchev–Trinajstić information content (AvgIpc) is 2.66. The van der Waals surface area contributed by atoms with Gasteiger partial charge in [0.1, 0.15) is 11.4 Å². The highest BCUT2D eigenvalue weighted by Crippen LogP contribution is 2.24. The average molecular weight is 459 g/mol.